The number of phenols is 1. The topological polar surface area (TPSA) is 118 Å². The molecule has 3 aromatic rings. The number of carbonyl (C=O) groups is 2. The Kier molecular flexibility index (Phi) is 7.16. The quantitative estimate of drug-likeness (QED) is 0.610. The number of carboxylic acids is 1. The van der Waals surface area contributed by atoms with Crippen LogP contribution in [-0.2, 0) is 11.3 Å². The van der Waals surface area contributed by atoms with Crippen molar-refractivity contribution in [1.29, 1.82) is 0 Å². The summed E-state index contributed by atoms with van der Waals surface area (Å²) in [4.78, 5) is 27.6. The van der Waals surface area contributed by atoms with E-state index in [0.29, 0.717) is 31.1 Å². The van der Waals surface area contributed by atoms with E-state index < -0.39 is 12.1 Å². The first-order chi connectivity index (χ1) is 15.6. The van der Waals surface area contributed by atoms with Crippen LogP contribution in [0.5, 0.6) is 11.6 Å². The number of aliphatic carboxylic acids is 1. The van der Waals surface area contributed by atoms with Crippen molar-refractivity contribution in [2.75, 3.05) is 13.2 Å². The van der Waals surface area contributed by atoms with Crippen LogP contribution in [0.3, 0.4) is 0 Å². The van der Waals surface area contributed by atoms with E-state index in [0.717, 1.165) is 5.69 Å². The number of carboxylic acid groups (broad SMARTS) is 1. The number of ether oxygens (including phenoxy) is 1. The molecule has 3 heterocycles. The number of amides is 1. The number of phenolic OH excluding ortho intramolecular Hbond substituents is 1. The zero-order valence-corrected chi connectivity index (χ0v) is 17.0. The highest BCUT2D eigenvalue weighted by molar-refractivity contribution is 5.94. The molecule has 0 saturated carbocycles. The molecule has 12 heteroatoms. The number of pyridine rings is 1. The fourth-order valence-electron chi connectivity index (χ4n) is 3.10. The number of hydrogen-bond acceptors (Lipinski definition) is 6. The molecule has 174 valence electrons. The SMILES string of the molecule is O=C(O)C(F)(F)F.O=C(c1cccc(O)c1)N1Cc2ccnn2C(COc2ccccn2)C1. The van der Waals surface area contributed by atoms with E-state index in [1.54, 1.807) is 41.6 Å². The third-order valence-electron chi connectivity index (χ3n) is 4.57. The molecule has 0 radical (unpaired) electrons. The lowest BCUT2D eigenvalue weighted by atomic mass is 10.1. The average Bonchev–Trinajstić information content (AvgIpc) is 3.26. The van der Waals surface area contributed by atoms with Crippen LogP contribution in [0.15, 0.2) is 60.9 Å². The van der Waals surface area contributed by atoms with E-state index >= 15 is 0 Å². The first kappa shape index (κ1) is 23.6. The molecule has 33 heavy (non-hydrogen) atoms. The summed E-state index contributed by atoms with van der Waals surface area (Å²) in [5, 5.41) is 21.1. The first-order valence-electron chi connectivity index (χ1n) is 9.60. The van der Waals surface area contributed by atoms with E-state index in [4.69, 9.17) is 14.6 Å². The molecule has 0 saturated heterocycles. The number of hydrogen-bond donors (Lipinski definition) is 2. The molecule has 0 aliphatic carbocycles. The predicted octanol–water partition coefficient (Wildman–Crippen LogP) is 2.89. The second-order valence-corrected chi connectivity index (χ2v) is 6.94. The Morgan fingerprint density at radius 2 is 1.88 bits per heavy atom. The van der Waals surface area contributed by atoms with Crippen molar-refractivity contribution >= 4 is 11.9 Å². The monoisotopic (exact) mass is 464 g/mol. The highest BCUT2D eigenvalue weighted by Gasteiger charge is 2.38. The third kappa shape index (κ3) is 6.21. The first-order valence-corrected chi connectivity index (χ1v) is 9.60. The summed E-state index contributed by atoms with van der Waals surface area (Å²) < 4.78 is 39.4. The van der Waals surface area contributed by atoms with Gasteiger partial charge < -0.3 is 19.8 Å². The smallest absolute Gasteiger partial charge is 0.490 e. The molecule has 0 bridgehead atoms. The van der Waals surface area contributed by atoms with Gasteiger partial charge in [-0.2, -0.15) is 18.3 Å². The number of rotatable bonds is 4. The van der Waals surface area contributed by atoms with E-state index in [1.807, 2.05) is 22.9 Å². The average molecular weight is 464 g/mol. The molecule has 1 aromatic carbocycles. The van der Waals surface area contributed by atoms with Gasteiger partial charge in [0.15, 0.2) is 0 Å². The summed E-state index contributed by atoms with van der Waals surface area (Å²) in [5.41, 5.74) is 1.40. The fourth-order valence-corrected chi connectivity index (χ4v) is 3.10. The maximum absolute atomic E-state index is 12.8. The number of aromatic nitrogens is 3. The Morgan fingerprint density at radius 1 is 1.12 bits per heavy atom. The van der Waals surface area contributed by atoms with Gasteiger partial charge in [-0.15, -0.1) is 0 Å². The Labute approximate surface area is 185 Å². The largest absolute Gasteiger partial charge is 0.508 e. The van der Waals surface area contributed by atoms with Crippen LogP contribution < -0.4 is 4.74 Å². The van der Waals surface area contributed by atoms with Gasteiger partial charge in [0.25, 0.3) is 5.91 Å². The van der Waals surface area contributed by atoms with Crippen LogP contribution >= 0.6 is 0 Å². The summed E-state index contributed by atoms with van der Waals surface area (Å²) in [5.74, 6) is -2.27. The van der Waals surface area contributed by atoms with Gasteiger partial charge in [0.1, 0.15) is 18.4 Å². The van der Waals surface area contributed by atoms with Crippen LogP contribution in [0.4, 0.5) is 13.2 Å². The van der Waals surface area contributed by atoms with Crippen LogP contribution in [0.25, 0.3) is 0 Å². The Morgan fingerprint density at radius 3 is 2.52 bits per heavy atom. The molecular formula is C21H19F3N4O5. The van der Waals surface area contributed by atoms with Crippen LogP contribution in [0.2, 0.25) is 0 Å². The summed E-state index contributed by atoms with van der Waals surface area (Å²) >= 11 is 0. The minimum absolute atomic E-state index is 0.0768. The number of nitrogens with zero attached hydrogens (tertiary/aromatic N) is 4. The lowest BCUT2D eigenvalue weighted by molar-refractivity contribution is -0.192. The number of benzene rings is 1. The standard InChI is InChI=1S/C19H18N4O3.C2HF3O2/c24-17-5-3-4-14(10-17)19(25)22-11-15-7-9-21-23(15)16(12-22)13-26-18-6-1-2-8-20-18;3-2(4,5)1(6)7/h1-10,16,24H,11-13H2;(H,6,7). The molecule has 1 unspecified atom stereocenters. The molecule has 2 aromatic heterocycles. The van der Waals surface area contributed by atoms with Crippen LogP contribution in [0.1, 0.15) is 22.1 Å². The third-order valence-corrected chi connectivity index (χ3v) is 4.57. The molecule has 4 rings (SSSR count). The summed E-state index contributed by atoms with van der Waals surface area (Å²) in [6.45, 7) is 1.29. The maximum Gasteiger partial charge on any atom is 0.490 e. The summed E-state index contributed by atoms with van der Waals surface area (Å²) in [6.07, 6.45) is -1.68. The number of alkyl halides is 3. The Hall–Kier alpha value is -4.09. The number of aromatic hydroxyl groups is 1. The molecule has 9 nitrogen and oxygen atoms in total. The predicted molar refractivity (Wildman–Crippen MR) is 108 cm³/mol. The van der Waals surface area contributed by atoms with Crippen molar-refractivity contribution in [3.8, 4) is 11.6 Å². The summed E-state index contributed by atoms with van der Waals surface area (Å²) in [6, 6.07) is 13.7. The molecule has 1 atom stereocenters. The van der Waals surface area contributed by atoms with Gasteiger partial charge in [-0.3, -0.25) is 9.48 Å². The molecule has 2 N–H and O–H groups in total. The minimum Gasteiger partial charge on any atom is -0.508 e. The Bertz CT molecular complexity index is 1100. The van der Waals surface area contributed by atoms with Gasteiger partial charge in [0, 0.05) is 30.6 Å². The molecule has 0 spiro atoms. The molecule has 0 fully saturated rings. The lowest BCUT2D eigenvalue weighted by Crippen LogP contribution is -2.43. The van der Waals surface area contributed by atoms with E-state index in [2.05, 4.69) is 10.1 Å². The second-order valence-electron chi connectivity index (χ2n) is 6.94. The van der Waals surface area contributed by atoms with Gasteiger partial charge in [-0.05, 0) is 30.3 Å². The highest BCUT2D eigenvalue weighted by atomic mass is 19.4. The number of halogens is 3. The second kappa shape index (κ2) is 10.0. The Balaban J connectivity index is 0.000000383. The van der Waals surface area contributed by atoms with Crippen molar-refractivity contribution < 1.29 is 37.7 Å². The van der Waals surface area contributed by atoms with Crippen molar-refractivity contribution in [2.45, 2.75) is 18.8 Å². The van der Waals surface area contributed by atoms with Gasteiger partial charge in [-0.25, -0.2) is 9.78 Å². The minimum atomic E-state index is -5.08. The fraction of sp³-hybridized carbons (Fsp3) is 0.238. The number of fused-ring (bicyclic) bond motifs is 1. The normalized spacial score (nSPS) is 15.1. The molecule has 1 aliphatic heterocycles. The molecular weight excluding hydrogens is 445 g/mol. The zero-order chi connectivity index (χ0) is 24.0. The summed E-state index contributed by atoms with van der Waals surface area (Å²) in [7, 11) is 0. The van der Waals surface area contributed by atoms with Gasteiger partial charge >= 0.3 is 12.1 Å². The number of carbonyl (C=O) groups excluding carboxylic acids is 1. The van der Waals surface area contributed by atoms with Gasteiger partial charge in [0.2, 0.25) is 5.88 Å². The van der Waals surface area contributed by atoms with Crippen LogP contribution in [-0.4, -0.2) is 61.1 Å². The van der Waals surface area contributed by atoms with Crippen molar-refractivity contribution in [3.63, 3.8) is 0 Å². The van der Waals surface area contributed by atoms with Crippen molar-refractivity contribution in [2.24, 2.45) is 0 Å². The molecule has 1 amide bonds. The van der Waals surface area contributed by atoms with Crippen molar-refractivity contribution in [1.82, 2.24) is 19.7 Å². The van der Waals surface area contributed by atoms with Gasteiger partial charge in [0.05, 0.1) is 12.2 Å². The van der Waals surface area contributed by atoms with Crippen molar-refractivity contribution in [3.05, 3.63) is 72.2 Å². The van der Waals surface area contributed by atoms with E-state index in [-0.39, 0.29) is 17.7 Å². The van der Waals surface area contributed by atoms with Gasteiger partial charge in [-0.1, -0.05) is 12.1 Å². The van der Waals surface area contributed by atoms with Crippen LogP contribution in [0, 0.1) is 0 Å². The molecule has 1 aliphatic rings. The lowest BCUT2D eigenvalue weighted by Gasteiger charge is -2.33. The zero-order valence-electron chi connectivity index (χ0n) is 17.0. The maximum atomic E-state index is 12.8. The highest BCUT2D eigenvalue weighted by Crippen LogP contribution is 2.24. The van der Waals surface area contributed by atoms with E-state index in [1.165, 1.54) is 6.07 Å². The van der Waals surface area contributed by atoms with E-state index in [9.17, 15) is 23.1 Å².